The molecule has 0 saturated carbocycles. The zero-order valence-electron chi connectivity index (χ0n) is 44.0. The van der Waals surface area contributed by atoms with E-state index in [9.17, 15) is 43.5 Å². The molecule has 404 valence electrons. The first-order valence-corrected chi connectivity index (χ1v) is 26.9. The molecule has 7 aliphatic rings. The van der Waals surface area contributed by atoms with Gasteiger partial charge in [0.1, 0.15) is 17.6 Å². The number of imide groups is 3. The summed E-state index contributed by atoms with van der Waals surface area (Å²) in [6.07, 6.45) is 10.2. The maximum absolute atomic E-state index is 14.2. The van der Waals surface area contributed by atoms with Crippen LogP contribution in [0, 0.1) is 5.41 Å². The number of aryl methyl sites for hydroxylation is 1. The first-order chi connectivity index (χ1) is 37.0. The minimum absolute atomic E-state index is 0.0196. The number of piperazine rings is 1. The summed E-state index contributed by atoms with van der Waals surface area (Å²) in [5.41, 5.74) is 6.46. The molecule has 6 aliphatic heterocycles. The van der Waals surface area contributed by atoms with Gasteiger partial charge in [0.2, 0.25) is 24.1 Å². The highest BCUT2D eigenvalue weighted by atomic mass is 16.3. The van der Waals surface area contributed by atoms with E-state index in [1.165, 1.54) is 21.9 Å². The number of rotatable bonds is 12. The molecule has 0 bridgehead atoms. The van der Waals surface area contributed by atoms with Gasteiger partial charge in [0, 0.05) is 119 Å². The van der Waals surface area contributed by atoms with Crippen molar-refractivity contribution >= 4 is 76.6 Å². The largest absolute Gasteiger partial charge is 0.394 e. The Balaban J connectivity index is 0.761. The third-order valence-electron chi connectivity index (χ3n) is 17.0. The van der Waals surface area contributed by atoms with E-state index in [0.29, 0.717) is 61.4 Å². The summed E-state index contributed by atoms with van der Waals surface area (Å²) >= 11 is 0. The van der Waals surface area contributed by atoms with Crippen LogP contribution in [0.3, 0.4) is 0 Å². The number of carbonyl (C=O) groups is 7. The highest BCUT2D eigenvalue weighted by Crippen LogP contribution is 2.41. The number of aliphatic hydroxyl groups excluding tert-OH is 1. The maximum Gasteiger partial charge on any atom is 0.293 e. The molecule has 7 amide bonds. The van der Waals surface area contributed by atoms with Crippen LogP contribution in [-0.2, 0) is 45.6 Å². The lowest BCUT2D eigenvalue weighted by molar-refractivity contribution is -0.136. The van der Waals surface area contributed by atoms with Gasteiger partial charge in [0.05, 0.1) is 29.8 Å². The number of aromatic nitrogens is 3. The van der Waals surface area contributed by atoms with Crippen LogP contribution in [0.4, 0.5) is 28.7 Å². The third-order valence-corrected chi connectivity index (χ3v) is 17.0. The van der Waals surface area contributed by atoms with Gasteiger partial charge in [0.15, 0.2) is 5.82 Å². The summed E-state index contributed by atoms with van der Waals surface area (Å²) in [4.78, 5) is 120. The van der Waals surface area contributed by atoms with Gasteiger partial charge in [-0.15, -0.1) is 0 Å². The van der Waals surface area contributed by atoms with Gasteiger partial charge < -0.3 is 39.2 Å². The summed E-state index contributed by atoms with van der Waals surface area (Å²) in [6, 6.07) is 11.6. The van der Waals surface area contributed by atoms with Crippen LogP contribution in [-0.4, -0.2) is 158 Å². The fraction of sp³-hybridized carbons (Fsp3) is 0.482. The number of fused-ring (bicyclic) bond motifs is 4. The monoisotopic (exact) mass is 1050 g/mol. The highest BCUT2D eigenvalue weighted by molar-refractivity contribution is 6.23. The Bertz CT molecular complexity index is 3190. The van der Waals surface area contributed by atoms with Gasteiger partial charge in [-0.2, -0.15) is 0 Å². The van der Waals surface area contributed by atoms with Crippen LogP contribution < -0.4 is 36.2 Å². The Morgan fingerprint density at radius 2 is 1.64 bits per heavy atom. The average molecular weight is 1050 g/mol. The molecule has 4 saturated heterocycles. The number of benzene rings is 2. The summed E-state index contributed by atoms with van der Waals surface area (Å²) in [5.74, 6) is -2.16. The first-order valence-electron chi connectivity index (χ1n) is 26.9. The van der Waals surface area contributed by atoms with E-state index in [2.05, 4.69) is 62.1 Å². The van der Waals surface area contributed by atoms with Crippen molar-refractivity contribution in [1.82, 2.24) is 39.5 Å². The topological polar surface area (TPSA) is 235 Å². The predicted molar refractivity (Wildman–Crippen MR) is 287 cm³/mol. The average Bonchev–Trinajstić information content (AvgIpc) is 4.03. The van der Waals surface area contributed by atoms with Crippen molar-refractivity contribution in [2.75, 3.05) is 72.4 Å². The number of aliphatic hydroxyl groups is 1. The smallest absolute Gasteiger partial charge is 0.293 e. The second-order valence-electron chi connectivity index (χ2n) is 22.5. The molecule has 2 aromatic carbocycles. The zero-order chi connectivity index (χ0) is 54.0. The molecular weight excluding hydrogens is 985 g/mol. The minimum Gasteiger partial charge on any atom is -0.394 e. The lowest BCUT2D eigenvalue weighted by Gasteiger charge is -2.47. The van der Waals surface area contributed by atoms with Crippen molar-refractivity contribution in [1.29, 1.82) is 0 Å². The lowest BCUT2D eigenvalue weighted by atomic mass is 9.90. The molecule has 0 radical (unpaired) electrons. The van der Waals surface area contributed by atoms with E-state index >= 15 is 0 Å². The standard InChI is InChI=1S/C56H66N12O9/c1-33-29-63(37-15-18-62(19-16-37)38-9-10-39-40(26-38)53(75)68(52(39)74)43-12-14-49(72)60-51(43)73)20-21-64(33)41-11-8-36(24-34(41)7-13-48(71)57-32-70)58-50-55(77)61(4)30-47(59-50)66-17-5-6-42(46(66)31-69)67-23-22-65-44(54(67)76)25-35-27-56(2,3)28-45(35)65/h7-11,13,24-26,30,32-33,37,42-43,46,69H,5-6,12,14-23,27-29,31H2,1-4H3,(H,58,59)(H,57,70,71)(H,60,72,73)/t33-,42?,43?,46?/m0/s1. The molecule has 77 heavy (non-hydrogen) atoms. The van der Waals surface area contributed by atoms with Crippen molar-refractivity contribution in [3.05, 3.63) is 98.7 Å². The molecule has 2 aromatic heterocycles. The molecule has 4 fully saturated rings. The van der Waals surface area contributed by atoms with Gasteiger partial charge in [-0.25, -0.2) is 4.98 Å². The lowest BCUT2D eigenvalue weighted by Crippen LogP contribution is -2.60. The van der Waals surface area contributed by atoms with Crippen molar-refractivity contribution in [2.45, 2.75) is 109 Å². The molecule has 0 spiro atoms. The zero-order valence-corrected chi connectivity index (χ0v) is 44.0. The van der Waals surface area contributed by atoms with Crippen LogP contribution >= 0.6 is 0 Å². The van der Waals surface area contributed by atoms with Crippen LogP contribution in [0.1, 0.15) is 107 Å². The van der Waals surface area contributed by atoms with E-state index in [1.54, 1.807) is 31.5 Å². The van der Waals surface area contributed by atoms with E-state index in [-0.39, 0.29) is 65.4 Å². The van der Waals surface area contributed by atoms with Crippen molar-refractivity contribution < 1.29 is 38.7 Å². The first kappa shape index (κ1) is 51.5. The molecule has 1 aliphatic carbocycles. The Labute approximate surface area is 445 Å². The Morgan fingerprint density at radius 3 is 2.39 bits per heavy atom. The van der Waals surface area contributed by atoms with Gasteiger partial charge in [-0.1, -0.05) is 13.8 Å². The molecule has 4 N–H and O–H groups in total. The van der Waals surface area contributed by atoms with Crippen LogP contribution in [0.5, 0.6) is 0 Å². The Hall–Kier alpha value is -7.65. The minimum atomic E-state index is -1.02. The Kier molecular flexibility index (Phi) is 13.6. The summed E-state index contributed by atoms with van der Waals surface area (Å²) in [6.45, 7) is 12.0. The van der Waals surface area contributed by atoms with Gasteiger partial charge in [-0.05, 0) is 111 Å². The molecule has 21 heteroatoms. The van der Waals surface area contributed by atoms with Gasteiger partial charge in [0.25, 0.3) is 23.3 Å². The SMILES string of the molecule is C[C@H]1CN(C2CCN(c3ccc4c(c3)C(=O)N(C3CCC(=O)NC3=O)C4=O)CC2)CCN1c1ccc(Nc2nc(N3CCCC(N4CCn5c(cc6c5CC(C)(C)C6)C4=O)C3CO)cn(C)c2=O)cc1C=CC(=O)NC=O. The fourth-order valence-corrected chi connectivity index (χ4v) is 13.2. The molecule has 8 heterocycles. The van der Waals surface area contributed by atoms with E-state index in [0.717, 1.165) is 81.0 Å². The number of hydrogen-bond donors (Lipinski definition) is 4. The molecule has 21 nitrogen and oxygen atoms in total. The molecule has 4 aromatic rings. The molecule has 3 unspecified atom stereocenters. The van der Waals surface area contributed by atoms with Crippen molar-refractivity contribution in [3.63, 3.8) is 0 Å². The van der Waals surface area contributed by atoms with Crippen LogP contribution in [0.25, 0.3) is 6.08 Å². The predicted octanol–water partition coefficient (Wildman–Crippen LogP) is 2.80. The second-order valence-corrected chi connectivity index (χ2v) is 22.5. The molecule has 11 rings (SSSR count). The summed E-state index contributed by atoms with van der Waals surface area (Å²) < 4.78 is 3.67. The molecular formula is C56H66N12O9. The van der Waals surface area contributed by atoms with Crippen LogP contribution in [0.15, 0.2) is 59.5 Å². The highest BCUT2D eigenvalue weighted by Gasteiger charge is 2.46. The fourth-order valence-electron chi connectivity index (χ4n) is 13.2. The maximum atomic E-state index is 14.2. The number of amides is 7. The number of piperidine rings is 3. The summed E-state index contributed by atoms with van der Waals surface area (Å²) in [7, 11) is 1.66. The number of carbonyl (C=O) groups excluding carboxylic acids is 7. The van der Waals surface area contributed by atoms with E-state index in [4.69, 9.17) is 4.98 Å². The van der Waals surface area contributed by atoms with E-state index in [1.807, 2.05) is 34.1 Å². The Morgan fingerprint density at radius 1 is 0.857 bits per heavy atom. The van der Waals surface area contributed by atoms with E-state index < -0.39 is 41.6 Å². The van der Waals surface area contributed by atoms with Crippen LogP contribution in [0.2, 0.25) is 0 Å². The second kappa shape index (κ2) is 20.4. The number of nitrogens with one attached hydrogen (secondary N) is 3. The number of hydrogen-bond acceptors (Lipinski definition) is 15. The summed E-state index contributed by atoms with van der Waals surface area (Å²) in [5, 5.41) is 18.7. The molecule has 4 atom stereocenters. The van der Waals surface area contributed by atoms with Crippen molar-refractivity contribution in [2.24, 2.45) is 12.5 Å². The number of anilines is 5. The number of nitrogens with zero attached hydrogens (tertiary/aromatic N) is 9. The normalized spacial score (nSPS) is 23.9. The van der Waals surface area contributed by atoms with Crippen molar-refractivity contribution in [3.8, 4) is 0 Å². The van der Waals surface area contributed by atoms with Gasteiger partial charge >= 0.3 is 0 Å². The quantitative estimate of drug-likeness (QED) is 0.0908. The third kappa shape index (κ3) is 9.57. The van der Waals surface area contributed by atoms with Gasteiger partial charge in [-0.3, -0.25) is 58.8 Å².